The molecule has 0 unspecified atom stereocenters. The van der Waals surface area contributed by atoms with Gasteiger partial charge in [-0.15, -0.1) is 0 Å². The highest BCUT2D eigenvalue weighted by Gasteiger charge is 2.52. The minimum absolute atomic E-state index is 0.0564. The van der Waals surface area contributed by atoms with E-state index >= 15 is 0 Å². The summed E-state index contributed by atoms with van der Waals surface area (Å²) in [6.45, 7) is 7.21. The van der Waals surface area contributed by atoms with Crippen molar-refractivity contribution in [2.24, 2.45) is 0 Å². The van der Waals surface area contributed by atoms with Crippen LogP contribution in [-0.2, 0) is 15.5 Å². The first-order valence-corrected chi connectivity index (χ1v) is 9.57. The summed E-state index contributed by atoms with van der Waals surface area (Å²) in [4.78, 5) is 12.3. The molecule has 10 heteroatoms. The lowest BCUT2D eigenvalue weighted by Gasteiger charge is -2.32. The van der Waals surface area contributed by atoms with E-state index in [-0.39, 0.29) is 11.2 Å². The van der Waals surface area contributed by atoms with Crippen LogP contribution >= 0.6 is 11.6 Å². The zero-order chi connectivity index (χ0) is 22.3. The fraction of sp³-hybridized carbons (Fsp3) is 0.350. The lowest BCUT2D eigenvalue weighted by molar-refractivity contribution is -0.137. The van der Waals surface area contributed by atoms with Gasteiger partial charge in [0.15, 0.2) is 0 Å². The second-order valence-electron chi connectivity index (χ2n) is 7.99. The Bertz CT molecular complexity index is 951. The highest BCUT2D eigenvalue weighted by molar-refractivity contribution is 6.62. The second kappa shape index (κ2) is 7.79. The largest absolute Gasteiger partial charge is 0.494 e. The van der Waals surface area contributed by atoms with E-state index in [0.717, 1.165) is 12.1 Å². The molecule has 1 heterocycles. The van der Waals surface area contributed by atoms with Crippen molar-refractivity contribution < 1.29 is 27.3 Å². The first-order valence-electron chi connectivity index (χ1n) is 9.19. The highest BCUT2D eigenvalue weighted by atomic mass is 35.5. The van der Waals surface area contributed by atoms with E-state index in [4.69, 9.17) is 20.9 Å². The lowest BCUT2D eigenvalue weighted by atomic mass is 9.78. The van der Waals surface area contributed by atoms with Crippen LogP contribution in [0.15, 0.2) is 42.5 Å². The Labute approximate surface area is 178 Å². The molecule has 1 fully saturated rings. The SMILES string of the molecule is CC1(C)OB(c2cc(NC(=O)Nc3ccccc3Cl)cc(C(F)(F)F)c2)OC1(C)C. The monoisotopic (exact) mass is 440 g/mol. The average molecular weight is 441 g/mol. The number of hydrogen-bond donors (Lipinski definition) is 2. The molecule has 2 N–H and O–H groups in total. The van der Waals surface area contributed by atoms with Gasteiger partial charge < -0.3 is 19.9 Å². The molecule has 0 bridgehead atoms. The Kier molecular flexibility index (Phi) is 5.83. The molecule has 0 aliphatic carbocycles. The predicted molar refractivity (Wildman–Crippen MR) is 111 cm³/mol. The Balaban J connectivity index is 1.89. The minimum atomic E-state index is -4.62. The molecular formula is C20H21BClF3N2O3. The highest BCUT2D eigenvalue weighted by Crippen LogP contribution is 2.37. The number of anilines is 2. The molecule has 0 spiro atoms. The molecule has 0 aromatic heterocycles. The number of benzene rings is 2. The van der Waals surface area contributed by atoms with Crippen molar-refractivity contribution in [3.05, 3.63) is 53.1 Å². The van der Waals surface area contributed by atoms with E-state index in [1.54, 1.807) is 52.0 Å². The Hall–Kier alpha value is -2.23. The summed E-state index contributed by atoms with van der Waals surface area (Å²) in [6.07, 6.45) is -4.62. The average Bonchev–Trinajstić information content (AvgIpc) is 2.83. The summed E-state index contributed by atoms with van der Waals surface area (Å²) in [5, 5.41) is 5.22. The van der Waals surface area contributed by atoms with Crippen LogP contribution in [0.3, 0.4) is 0 Å². The maximum atomic E-state index is 13.4. The van der Waals surface area contributed by atoms with E-state index in [1.807, 2.05) is 0 Å². The van der Waals surface area contributed by atoms with Gasteiger partial charge >= 0.3 is 19.3 Å². The topological polar surface area (TPSA) is 59.6 Å². The first-order chi connectivity index (χ1) is 13.8. The van der Waals surface area contributed by atoms with Crippen molar-refractivity contribution in [1.29, 1.82) is 0 Å². The van der Waals surface area contributed by atoms with E-state index in [9.17, 15) is 18.0 Å². The van der Waals surface area contributed by atoms with Gasteiger partial charge in [-0.2, -0.15) is 13.2 Å². The molecule has 2 amide bonds. The van der Waals surface area contributed by atoms with E-state index in [1.165, 1.54) is 6.07 Å². The van der Waals surface area contributed by atoms with Gasteiger partial charge in [-0.3, -0.25) is 0 Å². The Morgan fingerprint density at radius 2 is 1.60 bits per heavy atom. The summed E-state index contributed by atoms with van der Waals surface area (Å²) >= 11 is 6.00. The minimum Gasteiger partial charge on any atom is -0.399 e. The molecular weight excluding hydrogens is 419 g/mol. The number of carbonyl (C=O) groups excluding carboxylic acids is 1. The standard InChI is InChI=1S/C20H21BClF3N2O3/c1-18(2)19(3,4)30-21(29-18)13-9-12(20(23,24)25)10-14(11-13)26-17(28)27-16-8-6-5-7-15(16)22/h5-11H,1-4H3,(H2,26,27,28). The van der Waals surface area contributed by atoms with Gasteiger partial charge in [0.25, 0.3) is 0 Å². The molecule has 1 aliphatic heterocycles. The number of nitrogens with one attached hydrogen (secondary N) is 2. The van der Waals surface area contributed by atoms with Gasteiger partial charge in [-0.25, -0.2) is 4.79 Å². The van der Waals surface area contributed by atoms with Crippen LogP contribution in [0.2, 0.25) is 5.02 Å². The number of amides is 2. The first kappa shape index (κ1) is 22.5. The Morgan fingerprint density at radius 3 is 2.17 bits per heavy atom. The third-order valence-electron chi connectivity index (χ3n) is 5.19. The molecule has 0 radical (unpaired) electrons. The molecule has 0 atom stereocenters. The van der Waals surface area contributed by atoms with Crippen LogP contribution in [0.4, 0.5) is 29.3 Å². The van der Waals surface area contributed by atoms with Gasteiger partial charge in [0.2, 0.25) is 0 Å². The second-order valence-corrected chi connectivity index (χ2v) is 8.40. The van der Waals surface area contributed by atoms with Gasteiger partial charge in [0.1, 0.15) is 0 Å². The van der Waals surface area contributed by atoms with Crippen molar-refractivity contribution in [1.82, 2.24) is 0 Å². The van der Waals surface area contributed by atoms with Gasteiger partial charge in [0.05, 0.1) is 27.5 Å². The van der Waals surface area contributed by atoms with Crippen LogP contribution in [-0.4, -0.2) is 24.4 Å². The predicted octanol–water partition coefficient (Wildman–Crippen LogP) is 5.30. The summed E-state index contributed by atoms with van der Waals surface area (Å²) in [5.74, 6) is 0. The summed E-state index contributed by atoms with van der Waals surface area (Å²) < 4.78 is 52.1. The fourth-order valence-corrected chi connectivity index (χ4v) is 3.03. The quantitative estimate of drug-likeness (QED) is 0.637. The molecule has 2 aromatic rings. The van der Waals surface area contributed by atoms with Crippen LogP contribution in [0.5, 0.6) is 0 Å². The maximum absolute atomic E-state index is 13.4. The summed E-state index contributed by atoms with van der Waals surface area (Å²) in [5.41, 5.74) is -1.95. The summed E-state index contributed by atoms with van der Waals surface area (Å²) in [6, 6.07) is 8.98. The van der Waals surface area contributed by atoms with Crippen molar-refractivity contribution >= 4 is 41.6 Å². The molecule has 2 aromatic carbocycles. The molecule has 0 saturated carbocycles. The molecule has 160 valence electrons. The molecule has 3 rings (SSSR count). The van der Waals surface area contributed by atoms with Gasteiger partial charge in [0, 0.05) is 5.69 Å². The molecule has 1 saturated heterocycles. The fourth-order valence-electron chi connectivity index (χ4n) is 2.85. The zero-order valence-corrected chi connectivity index (χ0v) is 17.6. The van der Waals surface area contributed by atoms with Crippen molar-refractivity contribution in [3.63, 3.8) is 0 Å². The smallest absolute Gasteiger partial charge is 0.399 e. The van der Waals surface area contributed by atoms with Crippen LogP contribution in [0.1, 0.15) is 33.3 Å². The van der Waals surface area contributed by atoms with Gasteiger partial charge in [-0.05, 0) is 57.4 Å². The van der Waals surface area contributed by atoms with E-state index < -0.39 is 36.1 Å². The van der Waals surface area contributed by atoms with E-state index in [2.05, 4.69) is 10.6 Å². The Morgan fingerprint density at radius 1 is 1.00 bits per heavy atom. The summed E-state index contributed by atoms with van der Waals surface area (Å²) in [7, 11) is -1.01. The number of carbonyl (C=O) groups is 1. The number of halogens is 4. The maximum Gasteiger partial charge on any atom is 0.494 e. The zero-order valence-electron chi connectivity index (χ0n) is 16.9. The third kappa shape index (κ3) is 4.74. The van der Waals surface area contributed by atoms with Crippen molar-refractivity contribution in [2.75, 3.05) is 10.6 Å². The molecule has 1 aliphatic rings. The normalized spacial score (nSPS) is 17.7. The number of urea groups is 1. The number of hydrogen-bond acceptors (Lipinski definition) is 3. The molecule has 30 heavy (non-hydrogen) atoms. The van der Waals surface area contributed by atoms with Crippen LogP contribution in [0.25, 0.3) is 0 Å². The van der Waals surface area contributed by atoms with Crippen LogP contribution < -0.4 is 16.1 Å². The van der Waals surface area contributed by atoms with Gasteiger partial charge in [-0.1, -0.05) is 29.8 Å². The van der Waals surface area contributed by atoms with E-state index in [0.29, 0.717) is 10.7 Å². The number of alkyl halides is 3. The molecule has 5 nitrogen and oxygen atoms in total. The third-order valence-corrected chi connectivity index (χ3v) is 5.52. The van der Waals surface area contributed by atoms with Crippen molar-refractivity contribution in [3.8, 4) is 0 Å². The van der Waals surface area contributed by atoms with Crippen molar-refractivity contribution in [2.45, 2.75) is 45.1 Å². The number of rotatable bonds is 3. The lowest BCUT2D eigenvalue weighted by Crippen LogP contribution is -2.41. The van der Waals surface area contributed by atoms with Crippen LogP contribution in [0, 0.1) is 0 Å². The number of para-hydroxylation sites is 1.